The summed E-state index contributed by atoms with van der Waals surface area (Å²) in [5.41, 5.74) is 5.36. The molecule has 0 spiro atoms. The molecule has 6 N–H and O–H groups in total. The van der Waals surface area contributed by atoms with E-state index >= 15 is 0 Å². The number of oxime groups is 1. The average Bonchev–Trinajstić information content (AvgIpc) is 3.81. The molecular formula is C34H38Cl2N9O8S2+. The van der Waals surface area contributed by atoms with Crippen molar-refractivity contribution in [2.45, 2.75) is 75.4 Å². The van der Waals surface area contributed by atoms with Gasteiger partial charge in [0, 0.05) is 55.4 Å². The number of phenolic OH excluding ortho intramolecular Hbond substituents is 2. The Morgan fingerprint density at radius 1 is 1.16 bits per heavy atom. The number of β-lactam (4-membered cyclic amide) rings is 1. The molecular weight excluding hydrogens is 797 g/mol. The number of hydrogen-bond donors (Lipinski definition) is 5. The van der Waals surface area contributed by atoms with Crippen molar-refractivity contribution in [3.05, 3.63) is 44.1 Å². The van der Waals surface area contributed by atoms with Crippen LogP contribution in [0.1, 0.15) is 74.2 Å². The van der Waals surface area contributed by atoms with Gasteiger partial charge in [0.05, 0.1) is 41.1 Å². The second kappa shape index (κ2) is 14.6. The molecule has 2 bridgehead atoms. The van der Waals surface area contributed by atoms with E-state index in [2.05, 4.69) is 37.8 Å². The van der Waals surface area contributed by atoms with Crippen molar-refractivity contribution in [2.75, 3.05) is 25.1 Å². The summed E-state index contributed by atoms with van der Waals surface area (Å²) >= 11 is 15.0. The molecule has 3 saturated heterocycles. The summed E-state index contributed by atoms with van der Waals surface area (Å²) < 4.78 is 0.784. The number of H-pyrrole nitrogens is 1. The topological polar surface area (TPSA) is 247 Å². The number of halogens is 2. The van der Waals surface area contributed by atoms with Crippen LogP contribution in [-0.4, -0.2) is 122 Å². The van der Waals surface area contributed by atoms with Crippen molar-refractivity contribution in [1.29, 1.82) is 0 Å². The van der Waals surface area contributed by atoms with E-state index in [0.717, 1.165) is 47.1 Å². The van der Waals surface area contributed by atoms with Gasteiger partial charge in [0.1, 0.15) is 16.6 Å². The molecule has 4 aliphatic rings. The van der Waals surface area contributed by atoms with E-state index in [1.807, 2.05) is 0 Å². The summed E-state index contributed by atoms with van der Waals surface area (Å²) in [4.78, 5) is 63.8. The number of tetrazole rings is 1. The fourth-order valence-electron chi connectivity index (χ4n) is 8.23. The minimum absolute atomic E-state index is 0.0603. The van der Waals surface area contributed by atoms with E-state index in [1.54, 1.807) is 4.90 Å². The number of quaternary nitrogens is 1. The average molecular weight is 836 g/mol. The third-order valence-electron chi connectivity index (χ3n) is 11.2. The molecule has 3 aromatic rings. The molecule has 292 valence electrons. The number of aromatic hydroxyl groups is 2. The number of aromatic nitrogens is 5. The number of Topliss-reactive ketones (excluding diaryl/α,β-unsaturated/α-hetero) is 2. The van der Waals surface area contributed by atoms with Crippen molar-refractivity contribution < 1.29 is 43.8 Å². The first-order chi connectivity index (χ1) is 26.0. The molecule has 2 aromatic heterocycles. The quantitative estimate of drug-likeness (QED) is 0.0407. The van der Waals surface area contributed by atoms with Crippen LogP contribution in [0, 0.1) is 11.8 Å². The predicted molar refractivity (Wildman–Crippen MR) is 202 cm³/mol. The number of nitrogens with two attached hydrogens (primary N) is 1. The SMILES string of the molecule is CC(C)(O/N=C(\C(=O)C[C@@H]1C(=O)N2C(c3nn[nH]n3)=C(C[N+]3(C)[C@@H]4CC[C@H]3CC(CC(=O)c3ccc(O)c(O)c3Cl)C4)CS[C@H]12)c1nc(N)sc1Cl)C(=O)O. The molecule has 0 radical (unpaired) electrons. The van der Waals surface area contributed by atoms with Gasteiger partial charge in [0.25, 0.3) is 0 Å². The number of carbonyl (C=O) groups excluding carboxylic acids is 3. The Bertz CT molecular complexity index is 2130. The number of rotatable bonds is 13. The van der Waals surface area contributed by atoms with Crippen LogP contribution in [-0.2, 0) is 19.2 Å². The summed E-state index contributed by atoms with van der Waals surface area (Å²) in [6.07, 6.45) is 3.56. The largest absolute Gasteiger partial charge is 0.504 e. The number of hydrogen-bond acceptors (Lipinski definition) is 15. The smallest absolute Gasteiger partial charge is 0.350 e. The van der Waals surface area contributed by atoms with Gasteiger partial charge < -0.3 is 30.4 Å². The maximum absolute atomic E-state index is 14.0. The van der Waals surface area contributed by atoms with E-state index in [4.69, 9.17) is 33.8 Å². The number of anilines is 1. The first-order valence-corrected chi connectivity index (χ1v) is 20.1. The summed E-state index contributed by atoms with van der Waals surface area (Å²) in [7, 11) is 2.22. The highest BCUT2D eigenvalue weighted by Crippen LogP contribution is 2.51. The number of amides is 1. The molecule has 1 aromatic carbocycles. The van der Waals surface area contributed by atoms with Gasteiger partial charge in [-0.15, -0.1) is 22.0 Å². The number of aliphatic carboxylic acids is 1. The molecule has 17 nitrogen and oxygen atoms in total. The number of phenols is 2. The number of nitrogen functional groups attached to an aromatic ring is 1. The highest BCUT2D eigenvalue weighted by Gasteiger charge is 2.57. The van der Waals surface area contributed by atoms with E-state index < -0.39 is 34.4 Å². The molecule has 0 aliphatic carbocycles. The molecule has 21 heteroatoms. The molecule has 6 heterocycles. The molecule has 55 heavy (non-hydrogen) atoms. The summed E-state index contributed by atoms with van der Waals surface area (Å²) in [6, 6.07) is 3.19. The van der Waals surface area contributed by atoms with Crippen molar-refractivity contribution in [2.24, 2.45) is 17.0 Å². The van der Waals surface area contributed by atoms with E-state index in [-0.39, 0.29) is 85.6 Å². The monoisotopic (exact) mass is 834 g/mol. The number of fused-ring (bicyclic) bond motifs is 3. The summed E-state index contributed by atoms with van der Waals surface area (Å²) in [5, 5.41) is 47.5. The highest BCUT2D eigenvalue weighted by molar-refractivity contribution is 8.00. The fraction of sp³-hybridized carbons (Fsp3) is 0.500. The molecule has 7 rings (SSSR count). The number of piperidine rings is 1. The lowest BCUT2D eigenvalue weighted by molar-refractivity contribution is -0.945. The first-order valence-electron chi connectivity index (χ1n) is 17.4. The zero-order chi connectivity index (χ0) is 39.6. The third kappa shape index (κ3) is 7.04. The van der Waals surface area contributed by atoms with Crippen LogP contribution in [0.2, 0.25) is 9.36 Å². The Hall–Kier alpha value is -4.30. The highest BCUT2D eigenvalue weighted by atomic mass is 35.5. The van der Waals surface area contributed by atoms with Crippen molar-refractivity contribution in [1.82, 2.24) is 30.5 Å². The first kappa shape index (κ1) is 39.0. The maximum atomic E-state index is 14.0. The van der Waals surface area contributed by atoms with E-state index in [1.165, 1.54) is 37.7 Å². The Kier molecular flexibility index (Phi) is 10.4. The lowest BCUT2D eigenvalue weighted by Gasteiger charge is -2.52. The lowest BCUT2D eigenvalue weighted by atomic mass is 9.83. The number of nitrogens with one attached hydrogen (secondary N) is 1. The molecule has 0 saturated carbocycles. The molecule has 2 unspecified atom stereocenters. The van der Waals surface area contributed by atoms with Crippen LogP contribution < -0.4 is 5.73 Å². The normalized spacial score (nSPS) is 26.5. The van der Waals surface area contributed by atoms with Crippen molar-refractivity contribution >= 4 is 86.3 Å². The number of carboxylic acid groups (broad SMARTS) is 1. The minimum Gasteiger partial charge on any atom is -0.504 e. The van der Waals surface area contributed by atoms with Crippen LogP contribution in [0.15, 0.2) is 22.9 Å². The number of benzene rings is 1. The number of thiazole rings is 1. The van der Waals surface area contributed by atoms with Gasteiger partial charge in [-0.2, -0.15) is 5.21 Å². The van der Waals surface area contributed by atoms with Gasteiger partial charge in [-0.3, -0.25) is 19.3 Å². The van der Waals surface area contributed by atoms with Gasteiger partial charge in [-0.1, -0.05) is 39.7 Å². The Morgan fingerprint density at radius 2 is 1.87 bits per heavy atom. The summed E-state index contributed by atoms with van der Waals surface area (Å²) in [5.74, 6) is -3.17. The standard InChI is InChI=1S/C34H37Cl2N9O8S2/c1-34(2,32(51)52)53-41-24(25-28(36)55-33(37)38-25)22(48)11-19-30(50)44-26(29-39-42-43-40-29)15(13-54-31(19)44)12-45(3)16-4-5-17(45)9-14(8-16)10-21(47)18-6-7-20(46)27(49)23(18)35/h6-7,14,16-17,19,31H,4-5,8-13H2,1-3H3,(H5-,37,38,39,40,41,42,43,46,47,48,49,51,52)/p+1/t14?,16-,17+,19-,31-,45?/m1/s1. The van der Waals surface area contributed by atoms with E-state index in [0.29, 0.717) is 18.0 Å². The van der Waals surface area contributed by atoms with Crippen LogP contribution >= 0.6 is 46.3 Å². The predicted octanol–water partition coefficient (Wildman–Crippen LogP) is 4.10. The van der Waals surface area contributed by atoms with Crippen LogP contribution in [0.3, 0.4) is 0 Å². The second-order valence-electron chi connectivity index (χ2n) is 15.0. The van der Waals surface area contributed by atoms with Crippen LogP contribution in [0.5, 0.6) is 11.5 Å². The van der Waals surface area contributed by atoms with E-state index in [9.17, 15) is 34.5 Å². The van der Waals surface area contributed by atoms with Gasteiger partial charge in [-0.25, -0.2) is 9.78 Å². The molecule has 4 aliphatic heterocycles. The van der Waals surface area contributed by atoms with Gasteiger partial charge >= 0.3 is 5.97 Å². The Labute approximate surface area is 332 Å². The zero-order valence-electron chi connectivity index (χ0n) is 29.9. The Morgan fingerprint density at radius 3 is 2.49 bits per heavy atom. The second-order valence-corrected chi connectivity index (χ2v) is 18.1. The number of likely N-dealkylation sites (N-methyl/N-ethyl adjacent to an activating group) is 1. The fourth-order valence-corrected chi connectivity index (χ4v) is 10.8. The molecule has 6 atom stereocenters. The zero-order valence-corrected chi connectivity index (χ0v) is 33.0. The number of aromatic amines is 1. The number of carbonyl (C=O) groups is 4. The molecule has 3 fully saturated rings. The van der Waals surface area contributed by atoms with Crippen molar-refractivity contribution in [3.63, 3.8) is 0 Å². The number of nitrogens with zero attached hydrogens (tertiary/aromatic N) is 7. The van der Waals surface area contributed by atoms with Crippen molar-refractivity contribution in [3.8, 4) is 11.5 Å². The van der Waals surface area contributed by atoms with Gasteiger partial charge in [0.15, 0.2) is 33.9 Å². The third-order valence-corrected chi connectivity index (χ3v) is 14.1. The lowest BCUT2D eigenvalue weighted by Crippen LogP contribution is -2.62. The maximum Gasteiger partial charge on any atom is 0.350 e. The number of thioether (sulfide) groups is 1. The van der Waals surface area contributed by atoms with Crippen LogP contribution in [0.4, 0.5) is 5.13 Å². The number of ketones is 2. The van der Waals surface area contributed by atoms with Gasteiger partial charge in [0.2, 0.25) is 17.3 Å². The van der Waals surface area contributed by atoms with Crippen LogP contribution in [0.25, 0.3) is 5.70 Å². The van der Waals surface area contributed by atoms with Gasteiger partial charge in [-0.05, 0) is 37.1 Å². The number of carboxylic acids is 1. The molecule has 1 amide bonds. The minimum atomic E-state index is -1.78. The summed E-state index contributed by atoms with van der Waals surface area (Å²) in [6.45, 7) is 3.16. The Balaban J connectivity index is 1.09.